The highest BCUT2D eigenvalue weighted by Gasteiger charge is 2.01. The van der Waals surface area contributed by atoms with Crippen molar-refractivity contribution in [1.29, 1.82) is 0 Å². The summed E-state index contributed by atoms with van der Waals surface area (Å²) in [5, 5.41) is 10.3. The molecule has 64 valence electrons. The molecule has 0 radical (unpaired) electrons. The summed E-state index contributed by atoms with van der Waals surface area (Å²) < 4.78 is 12.0. The van der Waals surface area contributed by atoms with Crippen LogP contribution in [0.1, 0.15) is 15.9 Å². The zero-order chi connectivity index (χ0) is 9.14. The molecule has 0 fully saturated rings. The second kappa shape index (κ2) is 3.54. The van der Waals surface area contributed by atoms with Gasteiger partial charge < -0.3 is 9.90 Å². The Bertz CT molecular complexity index is 312. The largest absolute Gasteiger partial charge is 0.545 e. The van der Waals surface area contributed by atoms with Crippen LogP contribution in [0.2, 0.25) is 5.02 Å². The third-order valence-electron chi connectivity index (χ3n) is 1.41. The lowest BCUT2D eigenvalue weighted by Crippen LogP contribution is -2.22. The number of hydrogen-bond donors (Lipinski definition) is 0. The second-order valence-corrected chi connectivity index (χ2v) is 2.64. The minimum atomic E-state index is -1.36. The van der Waals surface area contributed by atoms with Crippen LogP contribution in [-0.2, 0) is 6.67 Å². The average Bonchev–Trinajstić information content (AvgIpc) is 2.03. The number of carboxylic acids is 1. The normalized spacial score (nSPS) is 9.83. The molecule has 0 aliphatic carbocycles. The first-order valence-corrected chi connectivity index (χ1v) is 3.58. The van der Waals surface area contributed by atoms with E-state index in [4.69, 9.17) is 11.6 Å². The van der Waals surface area contributed by atoms with Gasteiger partial charge in [-0.25, -0.2) is 4.39 Å². The van der Waals surface area contributed by atoms with Gasteiger partial charge in [0.15, 0.2) is 0 Å². The molecule has 0 aliphatic heterocycles. The molecule has 0 aromatic heterocycles. The fourth-order valence-electron chi connectivity index (χ4n) is 0.807. The topological polar surface area (TPSA) is 40.1 Å². The van der Waals surface area contributed by atoms with Gasteiger partial charge in [0.1, 0.15) is 6.67 Å². The van der Waals surface area contributed by atoms with Crippen molar-refractivity contribution in [2.75, 3.05) is 0 Å². The molecule has 1 aromatic rings. The van der Waals surface area contributed by atoms with Crippen molar-refractivity contribution < 1.29 is 14.3 Å². The standard InChI is InChI=1S/C8H6ClFO2/c9-7-3-5(4-10)1-2-6(7)8(11)12/h1-3H,4H2,(H,11,12)/p-1. The third-order valence-corrected chi connectivity index (χ3v) is 1.72. The Hall–Kier alpha value is -1.09. The van der Waals surface area contributed by atoms with Gasteiger partial charge in [0.2, 0.25) is 0 Å². The Balaban J connectivity index is 3.12. The van der Waals surface area contributed by atoms with E-state index in [0.29, 0.717) is 5.56 Å². The maximum atomic E-state index is 12.0. The Morgan fingerprint density at radius 1 is 1.58 bits per heavy atom. The summed E-state index contributed by atoms with van der Waals surface area (Å²) >= 11 is 5.52. The average molecular weight is 188 g/mol. The molecule has 0 heterocycles. The van der Waals surface area contributed by atoms with Crippen molar-refractivity contribution in [2.24, 2.45) is 0 Å². The molecule has 4 heteroatoms. The maximum absolute atomic E-state index is 12.0. The molecule has 0 amide bonds. The van der Waals surface area contributed by atoms with E-state index in [1.165, 1.54) is 18.2 Å². The van der Waals surface area contributed by atoms with Crippen molar-refractivity contribution in [3.8, 4) is 0 Å². The van der Waals surface area contributed by atoms with Crippen LogP contribution in [0.25, 0.3) is 0 Å². The number of benzene rings is 1. The van der Waals surface area contributed by atoms with E-state index in [0.717, 1.165) is 0 Å². The molecular formula is C8H5ClFO2-. The molecule has 0 bridgehead atoms. The fourth-order valence-corrected chi connectivity index (χ4v) is 1.09. The molecule has 0 N–H and O–H groups in total. The quantitative estimate of drug-likeness (QED) is 0.698. The molecule has 0 saturated heterocycles. The highest BCUT2D eigenvalue weighted by Crippen LogP contribution is 2.17. The maximum Gasteiger partial charge on any atom is 0.115 e. The molecule has 0 atom stereocenters. The third kappa shape index (κ3) is 1.74. The van der Waals surface area contributed by atoms with Gasteiger partial charge in [-0.15, -0.1) is 0 Å². The molecule has 0 unspecified atom stereocenters. The first kappa shape index (κ1) is 9.00. The molecule has 12 heavy (non-hydrogen) atoms. The van der Waals surface area contributed by atoms with Crippen LogP contribution in [0.5, 0.6) is 0 Å². The summed E-state index contributed by atoms with van der Waals surface area (Å²) in [5.74, 6) is -1.36. The monoisotopic (exact) mass is 187 g/mol. The van der Waals surface area contributed by atoms with E-state index >= 15 is 0 Å². The van der Waals surface area contributed by atoms with Crippen molar-refractivity contribution in [3.05, 3.63) is 34.3 Å². The van der Waals surface area contributed by atoms with E-state index in [1.54, 1.807) is 0 Å². The number of carboxylic acid groups (broad SMARTS) is 1. The summed E-state index contributed by atoms with van der Waals surface area (Å²) in [7, 11) is 0. The van der Waals surface area contributed by atoms with Gasteiger partial charge in [0, 0.05) is 10.6 Å². The summed E-state index contributed by atoms with van der Waals surface area (Å²) in [6.45, 7) is -0.660. The lowest BCUT2D eigenvalue weighted by Gasteiger charge is -2.05. The van der Waals surface area contributed by atoms with Crippen molar-refractivity contribution in [3.63, 3.8) is 0 Å². The van der Waals surface area contributed by atoms with Gasteiger partial charge in [-0.05, 0) is 11.6 Å². The van der Waals surface area contributed by atoms with Crippen molar-refractivity contribution in [1.82, 2.24) is 0 Å². The van der Waals surface area contributed by atoms with Crippen LogP contribution in [0.3, 0.4) is 0 Å². The highest BCUT2D eigenvalue weighted by molar-refractivity contribution is 6.33. The van der Waals surface area contributed by atoms with Crippen LogP contribution in [0, 0.1) is 0 Å². The Kier molecular flexibility index (Phi) is 2.65. The summed E-state index contributed by atoms with van der Waals surface area (Å²) in [4.78, 5) is 10.3. The molecule has 0 spiro atoms. The van der Waals surface area contributed by atoms with E-state index in [9.17, 15) is 14.3 Å². The van der Waals surface area contributed by atoms with E-state index in [1.807, 2.05) is 0 Å². The lowest BCUT2D eigenvalue weighted by atomic mass is 10.1. The zero-order valence-electron chi connectivity index (χ0n) is 6.01. The SMILES string of the molecule is O=C([O-])c1ccc(CF)cc1Cl. The predicted molar refractivity (Wildman–Crippen MR) is 40.6 cm³/mol. The smallest absolute Gasteiger partial charge is 0.115 e. The van der Waals surface area contributed by atoms with Crippen LogP contribution in [-0.4, -0.2) is 5.97 Å². The Labute approximate surface area is 73.6 Å². The van der Waals surface area contributed by atoms with Gasteiger partial charge in [0.05, 0.1) is 5.97 Å². The summed E-state index contributed by atoms with van der Waals surface area (Å²) in [5.41, 5.74) is 0.235. The molecule has 2 nitrogen and oxygen atoms in total. The predicted octanol–water partition coefficient (Wildman–Crippen LogP) is 1.17. The van der Waals surface area contributed by atoms with Crippen LogP contribution in [0.4, 0.5) is 4.39 Å². The number of carbonyl (C=O) groups excluding carboxylic acids is 1. The molecular weight excluding hydrogens is 183 g/mol. The molecule has 0 saturated carbocycles. The van der Waals surface area contributed by atoms with Crippen LogP contribution < -0.4 is 5.11 Å². The number of alkyl halides is 1. The summed E-state index contributed by atoms with van der Waals surface area (Å²) in [6, 6.07) is 3.86. The van der Waals surface area contributed by atoms with Gasteiger partial charge >= 0.3 is 0 Å². The van der Waals surface area contributed by atoms with E-state index in [2.05, 4.69) is 0 Å². The van der Waals surface area contributed by atoms with Crippen LogP contribution >= 0.6 is 11.6 Å². The van der Waals surface area contributed by atoms with Crippen LogP contribution in [0.15, 0.2) is 18.2 Å². The Morgan fingerprint density at radius 3 is 2.67 bits per heavy atom. The van der Waals surface area contributed by atoms with Gasteiger partial charge in [0.25, 0.3) is 0 Å². The number of carbonyl (C=O) groups is 1. The highest BCUT2D eigenvalue weighted by atomic mass is 35.5. The number of hydrogen-bond acceptors (Lipinski definition) is 2. The Morgan fingerprint density at radius 2 is 2.25 bits per heavy atom. The number of aromatic carboxylic acids is 1. The molecule has 1 aromatic carbocycles. The van der Waals surface area contributed by atoms with Crippen molar-refractivity contribution in [2.45, 2.75) is 6.67 Å². The number of halogens is 2. The van der Waals surface area contributed by atoms with Crippen molar-refractivity contribution >= 4 is 17.6 Å². The fraction of sp³-hybridized carbons (Fsp3) is 0.125. The van der Waals surface area contributed by atoms with E-state index < -0.39 is 12.6 Å². The first-order valence-electron chi connectivity index (χ1n) is 3.21. The molecule has 0 aliphatic rings. The van der Waals surface area contributed by atoms with Gasteiger partial charge in [-0.3, -0.25) is 0 Å². The van der Waals surface area contributed by atoms with Gasteiger partial charge in [-0.2, -0.15) is 0 Å². The number of rotatable bonds is 2. The second-order valence-electron chi connectivity index (χ2n) is 2.24. The van der Waals surface area contributed by atoms with E-state index in [-0.39, 0.29) is 10.6 Å². The summed E-state index contributed by atoms with van der Waals surface area (Å²) in [6.07, 6.45) is 0. The molecule has 1 rings (SSSR count). The van der Waals surface area contributed by atoms with Gasteiger partial charge in [-0.1, -0.05) is 23.7 Å². The first-order chi connectivity index (χ1) is 5.65. The minimum Gasteiger partial charge on any atom is -0.545 e. The zero-order valence-corrected chi connectivity index (χ0v) is 6.77. The minimum absolute atomic E-state index is 0.00477. The lowest BCUT2D eigenvalue weighted by molar-refractivity contribution is -0.255.